The number of aliphatic hydroxyl groups is 1. The average molecular weight is 369 g/mol. The Balaban J connectivity index is 1.78. The van der Waals surface area contributed by atoms with Gasteiger partial charge in [0, 0.05) is 36.6 Å². The summed E-state index contributed by atoms with van der Waals surface area (Å²) in [7, 11) is 0. The van der Waals surface area contributed by atoms with Crippen molar-refractivity contribution >= 4 is 17.5 Å². The number of benzene rings is 1. The first kappa shape index (κ1) is 18.6. The molecular formula is C19H26ClFN2O2. The average Bonchev–Trinajstić information content (AvgIpc) is 2.95. The van der Waals surface area contributed by atoms with Crippen molar-refractivity contribution in [3.05, 3.63) is 34.6 Å². The van der Waals surface area contributed by atoms with Crippen LogP contribution in [0.2, 0.25) is 5.02 Å². The van der Waals surface area contributed by atoms with Crippen molar-refractivity contribution in [3.8, 4) is 0 Å². The van der Waals surface area contributed by atoms with Gasteiger partial charge in [-0.25, -0.2) is 4.39 Å². The summed E-state index contributed by atoms with van der Waals surface area (Å²) in [4.78, 5) is 16.9. The Kier molecular flexibility index (Phi) is 5.37. The standard InChI is InChI=1S/C19H26ClFN2O2/c1-13(2)8-22-6-5-19(12-24)11-23(10-14(19)9-22)18(25)16-7-15(20)3-4-17(16)21/h3-4,7,13-14,24H,5-6,8-12H2,1-2H3/t14-,19+/m0/s1. The van der Waals surface area contributed by atoms with E-state index in [1.807, 2.05) is 0 Å². The van der Waals surface area contributed by atoms with Gasteiger partial charge in [-0.05, 0) is 43.0 Å². The van der Waals surface area contributed by atoms with E-state index in [0.717, 1.165) is 26.1 Å². The summed E-state index contributed by atoms with van der Waals surface area (Å²) >= 11 is 5.93. The minimum Gasteiger partial charge on any atom is -0.396 e. The minimum atomic E-state index is -0.552. The van der Waals surface area contributed by atoms with Crippen LogP contribution in [0, 0.1) is 23.1 Å². The van der Waals surface area contributed by atoms with Gasteiger partial charge in [0.15, 0.2) is 0 Å². The first-order valence-corrected chi connectivity index (χ1v) is 9.30. The van der Waals surface area contributed by atoms with Crippen molar-refractivity contribution < 1.29 is 14.3 Å². The van der Waals surface area contributed by atoms with Gasteiger partial charge in [-0.2, -0.15) is 0 Å². The number of halogens is 2. The number of hydrogen-bond donors (Lipinski definition) is 1. The van der Waals surface area contributed by atoms with E-state index in [-0.39, 0.29) is 29.4 Å². The third kappa shape index (κ3) is 3.69. The van der Waals surface area contributed by atoms with E-state index < -0.39 is 5.82 Å². The van der Waals surface area contributed by atoms with Gasteiger partial charge < -0.3 is 14.9 Å². The second-order valence-corrected chi connectivity index (χ2v) is 8.37. The summed E-state index contributed by atoms with van der Waals surface area (Å²) in [6, 6.07) is 4.05. The summed E-state index contributed by atoms with van der Waals surface area (Å²) in [6.45, 7) is 8.32. The number of hydrogen-bond acceptors (Lipinski definition) is 3. The maximum atomic E-state index is 14.1. The molecule has 3 rings (SSSR count). The summed E-state index contributed by atoms with van der Waals surface area (Å²) < 4.78 is 14.1. The number of piperidine rings is 1. The number of rotatable bonds is 4. The summed E-state index contributed by atoms with van der Waals surface area (Å²) in [5, 5.41) is 10.4. The molecular weight excluding hydrogens is 343 g/mol. The van der Waals surface area contributed by atoms with Crippen LogP contribution in [-0.2, 0) is 0 Å². The maximum absolute atomic E-state index is 14.1. The second kappa shape index (κ2) is 7.22. The molecule has 6 heteroatoms. The van der Waals surface area contributed by atoms with Gasteiger partial charge in [0.05, 0.1) is 12.2 Å². The van der Waals surface area contributed by atoms with Crippen LogP contribution in [0.3, 0.4) is 0 Å². The summed E-state index contributed by atoms with van der Waals surface area (Å²) in [5.74, 6) is -0.0843. The van der Waals surface area contributed by atoms with Crippen molar-refractivity contribution in [2.24, 2.45) is 17.3 Å². The van der Waals surface area contributed by atoms with Gasteiger partial charge in [0.1, 0.15) is 5.82 Å². The van der Waals surface area contributed by atoms with E-state index in [9.17, 15) is 14.3 Å². The van der Waals surface area contributed by atoms with Crippen LogP contribution in [0.1, 0.15) is 30.6 Å². The lowest BCUT2D eigenvalue weighted by molar-refractivity contribution is 0.0153. The van der Waals surface area contributed by atoms with Gasteiger partial charge in [-0.15, -0.1) is 0 Å². The normalized spacial score (nSPS) is 27.0. The molecule has 0 bridgehead atoms. The van der Waals surface area contributed by atoms with E-state index >= 15 is 0 Å². The first-order valence-electron chi connectivity index (χ1n) is 8.92. The molecule has 2 aliphatic heterocycles. The number of fused-ring (bicyclic) bond motifs is 1. The molecule has 2 aliphatic rings. The van der Waals surface area contributed by atoms with Crippen LogP contribution >= 0.6 is 11.6 Å². The lowest BCUT2D eigenvalue weighted by Crippen LogP contribution is -2.49. The molecule has 0 spiro atoms. The highest BCUT2D eigenvalue weighted by atomic mass is 35.5. The Morgan fingerprint density at radius 1 is 1.44 bits per heavy atom. The van der Waals surface area contributed by atoms with Gasteiger partial charge in [0.25, 0.3) is 5.91 Å². The van der Waals surface area contributed by atoms with Crippen molar-refractivity contribution in [2.45, 2.75) is 20.3 Å². The number of aliphatic hydroxyl groups excluding tert-OH is 1. The molecule has 0 aliphatic carbocycles. The van der Waals surface area contributed by atoms with E-state index in [1.54, 1.807) is 4.90 Å². The lowest BCUT2D eigenvalue weighted by Gasteiger charge is -2.42. The molecule has 2 atom stereocenters. The molecule has 1 aromatic carbocycles. The fraction of sp³-hybridized carbons (Fsp3) is 0.632. The van der Waals surface area contributed by atoms with Crippen molar-refractivity contribution in [2.75, 3.05) is 39.3 Å². The highest BCUT2D eigenvalue weighted by molar-refractivity contribution is 6.31. The molecule has 2 saturated heterocycles. The predicted octanol–water partition coefficient (Wildman–Crippen LogP) is 2.89. The Bertz CT molecular complexity index is 654. The third-order valence-corrected chi connectivity index (χ3v) is 5.84. The second-order valence-electron chi connectivity index (χ2n) is 7.93. The smallest absolute Gasteiger partial charge is 0.256 e. The number of carbonyl (C=O) groups is 1. The molecule has 1 amide bonds. The SMILES string of the molecule is CC(C)CN1CC[C@]2(CO)CN(C(=O)c3cc(Cl)ccc3F)C[C@@H]2C1. The quantitative estimate of drug-likeness (QED) is 0.888. The van der Waals surface area contributed by atoms with E-state index in [4.69, 9.17) is 11.6 Å². The van der Waals surface area contributed by atoms with Crippen LogP contribution in [0.15, 0.2) is 18.2 Å². The Morgan fingerprint density at radius 2 is 2.20 bits per heavy atom. The lowest BCUT2D eigenvalue weighted by atomic mass is 9.73. The minimum absolute atomic E-state index is 0.0123. The molecule has 0 aromatic heterocycles. The molecule has 0 radical (unpaired) electrons. The zero-order valence-electron chi connectivity index (χ0n) is 14.8. The van der Waals surface area contributed by atoms with Crippen LogP contribution in [-0.4, -0.2) is 60.1 Å². The van der Waals surface area contributed by atoms with Crippen LogP contribution in [0.5, 0.6) is 0 Å². The molecule has 2 heterocycles. The van der Waals surface area contributed by atoms with Gasteiger partial charge in [-0.3, -0.25) is 4.79 Å². The maximum Gasteiger partial charge on any atom is 0.256 e. The highest BCUT2D eigenvalue weighted by Gasteiger charge is 2.50. The largest absolute Gasteiger partial charge is 0.396 e. The molecule has 0 saturated carbocycles. The molecule has 1 aromatic rings. The van der Waals surface area contributed by atoms with Crippen molar-refractivity contribution in [1.82, 2.24) is 9.80 Å². The zero-order chi connectivity index (χ0) is 18.2. The van der Waals surface area contributed by atoms with Crippen molar-refractivity contribution in [1.29, 1.82) is 0 Å². The fourth-order valence-corrected chi connectivity index (χ4v) is 4.45. The van der Waals surface area contributed by atoms with Gasteiger partial charge in [-0.1, -0.05) is 25.4 Å². The predicted molar refractivity (Wildman–Crippen MR) is 96.2 cm³/mol. The van der Waals surface area contributed by atoms with E-state index in [1.165, 1.54) is 18.2 Å². The van der Waals surface area contributed by atoms with Crippen LogP contribution < -0.4 is 0 Å². The molecule has 138 valence electrons. The monoisotopic (exact) mass is 368 g/mol. The van der Waals surface area contributed by atoms with Gasteiger partial charge in [0.2, 0.25) is 0 Å². The Hall–Kier alpha value is -1.17. The van der Waals surface area contributed by atoms with E-state index in [2.05, 4.69) is 18.7 Å². The third-order valence-electron chi connectivity index (χ3n) is 5.60. The molecule has 4 nitrogen and oxygen atoms in total. The number of nitrogens with zero attached hydrogens (tertiary/aromatic N) is 2. The fourth-order valence-electron chi connectivity index (χ4n) is 4.28. The Labute approximate surface area is 153 Å². The molecule has 1 N–H and O–H groups in total. The highest BCUT2D eigenvalue weighted by Crippen LogP contribution is 2.43. The van der Waals surface area contributed by atoms with Crippen LogP contribution in [0.25, 0.3) is 0 Å². The van der Waals surface area contributed by atoms with E-state index in [0.29, 0.717) is 24.0 Å². The first-order chi connectivity index (χ1) is 11.8. The molecule has 25 heavy (non-hydrogen) atoms. The number of carbonyl (C=O) groups excluding carboxylic acids is 1. The van der Waals surface area contributed by atoms with Gasteiger partial charge >= 0.3 is 0 Å². The van der Waals surface area contributed by atoms with Crippen LogP contribution in [0.4, 0.5) is 4.39 Å². The zero-order valence-corrected chi connectivity index (χ0v) is 15.6. The number of likely N-dealkylation sites (tertiary alicyclic amines) is 2. The topological polar surface area (TPSA) is 43.8 Å². The Morgan fingerprint density at radius 3 is 2.88 bits per heavy atom. The number of amides is 1. The summed E-state index contributed by atoms with van der Waals surface area (Å²) in [6.07, 6.45) is 0.864. The molecule has 0 unspecified atom stereocenters. The van der Waals surface area contributed by atoms with Crippen molar-refractivity contribution in [3.63, 3.8) is 0 Å². The molecule has 2 fully saturated rings. The summed E-state index contributed by atoms with van der Waals surface area (Å²) in [5.41, 5.74) is -0.253.